The van der Waals surface area contributed by atoms with Crippen molar-refractivity contribution in [1.82, 2.24) is 29.4 Å². The molecular formula is C25H28N6O3S. The first-order valence-electron chi connectivity index (χ1n) is 11.7. The van der Waals surface area contributed by atoms with Crippen molar-refractivity contribution in [2.45, 2.75) is 39.3 Å². The molecule has 5 rings (SSSR count). The lowest BCUT2D eigenvalue weighted by molar-refractivity contribution is 0.0949. The average Bonchev–Trinajstić information content (AvgIpc) is 3.54. The Kier molecular flexibility index (Phi) is 6.14. The summed E-state index contributed by atoms with van der Waals surface area (Å²) in [6, 6.07) is 9.67. The van der Waals surface area contributed by atoms with Crippen molar-refractivity contribution in [3.05, 3.63) is 66.1 Å². The second-order valence-corrected chi connectivity index (χ2v) is 11.3. The number of benzene rings is 1. The number of nitrogens with one attached hydrogen (secondary N) is 1. The van der Waals surface area contributed by atoms with Crippen LogP contribution < -0.4 is 5.32 Å². The van der Waals surface area contributed by atoms with E-state index in [-0.39, 0.29) is 29.1 Å². The summed E-state index contributed by atoms with van der Waals surface area (Å²) in [5.41, 5.74) is 4.15. The number of pyridine rings is 1. The molecule has 0 aliphatic carbocycles. The lowest BCUT2D eigenvalue weighted by Crippen LogP contribution is -2.26. The SMILES string of the molecule is Cc1ccc(-c2cc3c(nc(C)n3[C@@H]3CCS(=O)(=O)C3)c(C(=O)NCCCn3ccnc3)n2)cc1. The maximum Gasteiger partial charge on any atom is 0.272 e. The molecule has 0 unspecified atom stereocenters. The van der Waals surface area contributed by atoms with Gasteiger partial charge in [0.2, 0.25) is 0 Å². The van der Waals surface area contributed by atoms with Gasteiger partial charge in [-0.2, -0.15) is 0 Å². The van der Waals surface area contributed by atoms with Crippen LogP contribution in [-0.2, 0) is 16.4 Å². The molecule has 1 aromatic carbocycles. The number of hydrogen-bond donors (Lipinski definition) is 1. The van der Waals surface area contributed by atoms with Gasteiger partial charge in [0, 0.05) is 31.0 Å². The second-order valence-electron chi connectivity index (χ2n) is 9.09. The van der Waals surface area contributed by atoms with Crippen LogP contribution in [0.5, 0.6) is 0 Å². The summed E-state index contributed by atoms with van der Waals surface area (Å²) >= 11 is 0. The second kappa shape index (κ2) is 9.26. The molecular weight excluding hydrogens is 464 g/mol. The summed E-state index contributed by atoms with van der Waals surface area (Å²) in [7, 11) is -3.08. The molecule has 9 nitrogen and oxygen atoms in total. The van der Waals surface area contributed by atoms with Crippen molar-refractivity contribution in [3.8, 4) is 11.3 Å². The van der Waals surface area contributed by atoms with Gasteiger partial charge in [-0.25, -0.2) is 23.4 Å². The van der Waals surface area contributed by atoms with Crippen molar-refractivity contribution in [2.75, 3.05) is 18.1 Å². The van der Waals surface area contributed by atoms with Gasteiger partial charge in [0.15, 0.2) is 15.5 Å². The fourth-order valence-corrected chi connectivity index (χ4v) is 6.35. The van der Waals surface area contributed by atoms with Crippen molar-refractivity contribution < 1.29 is 13.2 Å². The number of carbonyl (C=O) groups is 1. The van der Waals surface area contributed by atoms with Crippen LogP contribution in [-0.4, -0.2) is 56.5 Å². The first-order chi connectivity index (χ1) is 16.8. The number of sulfone groups is 1. The van der Waals surface area contributed by atoms with E-state index in [1.54, 1.807) is 12.5 Å². The van der Waals surface area contributed by atoms with Gasteiger partial charge < -0.3 is 14.5 Å². The molecule has 0 radical (unpaired) electrons. The largest absolute Gasteiger partial charge is 0.351 e. The summed E-state index contributed by atoms with van der Waals surface area (Å²) in [6.45, 7) is 5.09. The van der Waals surface area contributed by atoms with Crippen LogP contribution in [0, 0.1) is 13.8 Å². The molecule has 10 heteroatoms. The molecule has 4 heterocycles. The molecule has 4 aromatic rings. The zero-order valence-electron chi connectivity index (χ0n) is 19.8. The number of hydrogen-bond acceptors (Lipinski definition) is 6. The molecule has 1 amide bonds. The Morgan fingerprint density at radius 2 is 1.97 bits per heavy atom. The van der Waals surface area contributed by atoms with Gasteiger partial charge in [-0.3, -0.25) is 4.79 Å². The van der Waals surface area contributed by atoms with E-state index in [2.05, 4.69) is 15.3 Å². The van der Waals surface area contributed by atoms with Gasteiger partial charge in [0.1, 0.15) is 11.3 Å². The standard InChI is InChI=1S/C25H28N6O3S/c1-17-4-6-19(7-5-17)21-14-22-23(28-18(2)31(22)20-8-13-35(33,34)15-20)24(29-21)25(32)27-9-3-11-30-12-10-26-16-30/h4-7,10,12,14,16,20H,3,8-9,11,13,15H2,1-2H3,(H,27,32)/t20-/m1/s1. The molecule has 1 aliphatic rings. The molecule has 1 saturated heterocycles. The van der Waals surface area contributed by atoms with E-state index in [9.17, 15) is 13.2 Å². The first kappa shape index (κ1) is 23.2. The van der Waals surface area contributed by atoms with Crippen molar-refractivity contribution in [2.24, 2.45) is 0 Å². The lowest BCUT2D eigenvalue weighted by atomic mass is 10.1. The van der Waals surface area contributed by atoms with E-state index in [0.29, 0.717) is 30.0 Å². The zero-order chi connectivity index (χ0) is 24.6. The third-order valence-electron chi connectivity index (χ3n) is 6.43. The highest BCUT2D eigenvalue weighted by Gasteiger charge is 2.32. The molecule has 1 atom stereocenters. The third kappa shape index (κ3) is 4.84. The summed E-state index contributed by atoms with van der Waals surface area (Å²) in [6.07, 6.45) is 6.64. The minimum Gasteiger partial charge on any atom is -0.351 e. The van der Waals surface area contributed by atoms with Gasteiger partial charge in [0.05, 0.1) is 35.1 Å². The predicted octanol–water partition coefficient (Wildman–Crippen LogP) is 3.09. The number of amides is 1. The maximum atomic E-state index is 13.3. The first-order valence-corrected chi connectivity index (χ1v) is 13.5. The van der Waals surface area contributed by atoms with E-state index < -0.39 is 9.84 Å². The van der Waals surface area contributed by atoms with E-state index in [0.717, 1.165) is 29.6 Å². The summed E-state index contributed by atoms with van der Waals surface area (Å²) in [5.74, 6) is 0.631. The summed E-state index contributed by atoms with van der Waals surface area (Å²) in [4.78, 5) is 26.7. The molecule has 182 valence electrons. The van der Waals surface area contributed by atoms with E-state index in [4.69, 9.17) is 4.98 Å². The minimum absolute atomic E-state index is 0.0806. The van der Waals surface area contributed by atoms with Crippen molar-refractivity contribution >= 4 is 26.8 Å². The van der Waals surface area contributed by atoms with Crippen LogP contribution >= 0.6 is 0 Å². The fourth-order valence-electron chi connectivity index (χ4n) is 4.65. The Labute approximate surface area is 204 Å². The fraction of sp³-hybridized carbons (Fsp3) is 0.360. The van der Waals surface area contributed by atoms with Crippen LogP contribution in [0.25, 0.3) is 22.3 Å². The normalized spacial score (nSPS) is 17.1. The van der Waals surface area contributed by atoms with Crippen LogP contribution in [0.3, 0.4) is 0 Å². The highest BCUT2D eigenvalue weighted by molar-refractivity contribution is 7.91. The molecule has 1 N–H and O–H groups in total. The van der Waals surface area contributed by atoms with E-state index >= 15 is 0 Å². The molecule has 3 aromatic heterocycles. The Balaban J connectivity index is 1.51. The van der Waals surface area contributed by atoms with Gasteiger partial charge in [0.25, 0.3) is 5.91 Å². The Bertz CT molecular complexity index is 1470. The highest BCUT2D eigenvalue weighted by atomic mass is 32.2. The van der Waals surface area contributed by atoms with Gasteiger partial charge in [-0.1, -0.05) is 29.8 Å². The Morgan fingerprint density at radius 3 is 2.66 bits per heavy atom. The lowest BCUT2D eigenvalue weighted by Gasteiger charge is -2.15. The smallest absolute Gasteiger partial charge is 0.272 e. The van der Waals surface area contributed by atoms with Crippen LogP contribution in [0.1, 0.15) is 40.8 Å². The van der Waals surface area contributed by atoms with Crippen molar-refractivity contribution in [3.63, 3.8) is 0 Å². The van der Waals surface area contributed by atoms with Crippen LogP contribution in [0.15, 0.2) is 49.1 Å². The molecule has 1 aliphatic heterocycles. The summed E-state index contributed by atoms with van der Waals surface area (Å²) < 4.78 is 28.3. The minimum atomic E-state index is -3.08. The summed E-state index contributed by atoms with van der Waals surface area (Å²) in [5, 5.41) is 2.97. The number of aromatic nitrogens is 5. The zero-order valence-corrected chi connectivity index (χ0v) is 20.6. The number of fused-ring (bicyclic) bond motifs is 1. The topological polar surface area (TPSA) is 112 Å². The molecule has 0 bridgehead atoms. The van der Waals surface area contributed by atoms with Crippen molar-refractivity contribution in [1.29, 1.82) is 0 Å². The number of imidazole rings is 2. The van der Waals surface area contributed by atoms with Gasteiger partial charge in [-0.05, 0) is 32.8 Å². The monoisotopic (exact) mass is 492 g/mol. The third-order valence-corrected chi connectivity index (χ3v) is 8.18. The van der Waals surface area contributed by atoms with E-state index in [1.165, 1.54) is 0 Å². The number of nitrogens with zero attached hydrogens (tertiary/aromatic N) is 5. The molecule has 1 fully saturated rings. The van der Waals surface area contributed by atoms with Crippen LogP contribution in [0.4, 0.5) is 0 Å². The van der Waals surface area contributed by atoms with E-state index in [1.807, 2.05) is 59.5 Å². The average molecular weight is 493 g/mol. The number of aryl methyl sites for hydroxylation is 3. The molecule has 0 saturated carbocycles. The Hall–Kier alpha value is -3.53. The molecule has 0 spiro atoms. The molecule has 35 heavy (non-hydrogen) atoms. The van der Waals surface area contributed by atoms with Gasteiger partial charge >= 0.3 is 0 Å². The number of carbonyl (C=O) groups excluding carboxylic acids is 1. The quantitative estimate of drug-likeness (QED) is 0.397. The highest BCUT2D eigenvalue weighted by Crippen LogP contribution is 2.32. The van der Waals surface area contributed by atoms with Crippen LogP contribution in [0.2, 0.25) is 0 Å². The predicted molar refractivity (Wildman–Crippen MR) is 134 cm³/mol. The van der Waals surface area contributed by atoms with Gasteiger partial charge in [-0.15, -0.1) is 0 Å². The Morgan fingerprint density at radius 1 is 1.17 bits per heavy atom. The number of rotatable bonds is 7. The maximum absolute atomic E-state index is 13.3.